The molecule has 1 aliphatic heterocycles. The molecule has 1 fully saturated rings. The first-order valence-corrected chi connectivity index (χ1v) is 14.6. The highest BCUT2D eigenvalue weighted by atomic mass is 32.1. The predicted molar refractivity (Wildman–Crippen MR) is 162 cm³/mol. The molecule has 0 saturated carbocycles. The number of thiophene rings is 1. The average Bonchev–Trinajstić information content (AvgIpc) is 3.28. The lowest BCUT2D eigenvalue weighted by atomic mass is 9.89. The van der Waals surface area contributed by atoms with Gasteiger partial charge in [-0.1, -0.05) is 24.3 Å². The third-order valence-corrected chi connectivity index (χ3v) is 8.33. The summed E-state index contributed by atoms with van der Waals surface area (Å²) in [4.78, 5) is 24.7. The molecule has 0 unspecified atom stereocenters. The van der Waals surface area contributed by atoms with Crippen molar-refractivity contribution in [2.45, 2.75) is 45.6 Å². The number of likely N-dealkylation sites (N-methyl/N-ethyl adjacent to an activating group) is 1. The summed E-state index contributed by atoms with van der Waals surface area (Å²) in [5.41, 5.74) is 5.08. The predicted octanol–water partition coefficient (Wildman–Crippen LogP) is 6.13. The van der Waals surface area contributed by atoms with Crippen LogP contribution >= 0.6 is 11.3 Å². The fourth-order valence-electron chi connectivity index (χ4n) is 5.31. The maximum Gasteiger partial charge on any atom is 0.233 e. The number of nitrogens with zero attached hydrogens (tertiary/aromatic N) is 3. The van der Waals surface area contributed by atoms with E-state index in [0.717, 1.165) is 64.5 Å². The quantitative estimate of drug-likeness (QED) is 0.255. The summed E-state index contributed by atoms with van der Waals surface area (Å²) in [5.74, 6) is 2.62. The molecule has 0 bridgehead atoms. The summed E-state index contributed by atoms with van der Waals surface area (Å²) in [7, 11) is 3.38. The standard InChI is InChI=1S/C31H37N5O3S/c1-19(2)39-26-16-22(21-12-14-36(15-13-21)18-28(37)32-4)10-11-24(26)34-31-33-17-27-30(35-31)29(20(3)40-27)23-8-6-7-9-25(23)38-5/h6-11,16-17,19,21H,12-15,18H2,1-5H3,(H,32,37)(H,33,34,35). The number of carbonyl (C=O) groups excluding carboxylic acids is 1. The van der Waals surface area contributed by atoms with E-state index < -0.39 is 0 Å². The van der Waals surface area contributed by atoms with Crippen molar-refractivity contribution in [2.24, 2.45) is 0 Å². The first kappa shape index (κ1) is 27.9. The molecule has 2 N–H and O–H groups in total. The second kappa shape index (κ2) is 12.2. The lowest BCUT2D eigenvalue weighted by Gasteiger charge is -2.32. The Morgan fingerprint density at radius 2 is 1.93 bits per heavy atom. The highest BCUT2D eigenvalue weighted by Crippen LogP contribution is 2.42. The number of hydrogen-bond donors (Lipinski definition) is 2. The highest BCUT2D eigenvalue weighted by Gasteiger charge is 2.23. The number of likely N-dealkylation sites (tertiary alicyclic amines) is 1. The molecule has 0 radical (unpaired) electrons. The first-order chi connectivity index (χ1) is 19.4. The van der Waals surface area contributed by atoms with Gasteiger partial charge in [0.2, 0.25) is 11.9 Å². The Kier molecular flexibility index (Phi) is 8.52. The first-order valence-electron chi connectivity index (χ1n) is 13.8. The van der Waals surface area contributed by atoms with E-state index in [1.54, 1.807) is 25.5 Å². The minimum Gasteiger partial charge on any atom is -0.496 e. The number of nitrogens with one attached hydrogen (secondary N) is 2. The number of piperidine rings is 1. The summed E-state index contributed by atoms with van der Waals surface area (Å²) in [6, 6.07) is 14.4. The molecule has 4 aromatic rings. The molecule has 1 amide bonds. The molecule has 0 spiro atoms. The number of para-hydroxylation sites is 1. The van der Waals surface area contributed by atoms with E-state index >= 15 is 0 Å². The third kappa shape index (κ3) is 6.05. The highest BCUT2D eigenvalue weighted by molar-refractivity contribution is 7.19. The number of ether oxygens (including phenoxy) is 2. The molecule has 1 saturated heterocycles. The number of aromatic nitrogens is 2. The Balaban J connectivity index is 1.41. The number of benzene rings is 2. The van der Waals surface area contributed by atoms with Gasteiger partial charge in [0.1, 0.15) is 11.5 Å². The summed E-state index contributed by atoms with van der Waals surface area (Å²) in [6.07, 6.45) is 3.91. The van der Waals surface area contributed by atoms with E-state index in [9.17, 15) is 4.79 Å². The van der Waals surface area contributed by atoms with E-state index in [1.165, 1.54) is 10.4 Å². The van der Waals surface area contributed by atoms with E-state index in [4.69, 9.17) is 14.5 Å². The molecule has 0 aliphatic carbocycles. The van der Waals surface area contributed by atoms with Gasteiger partial charge in [-0.25, -0.2) is 9.97 Å². The zero-order chi connectivity index (χ0) is 28.2. The number of carbonyl (C=O) groups is 1. The van der Waals surface area contributed by atoms with Gasteiger partial charge in [-0.3, -0.25) is 9.69 Å². The molecule has 1 aliphatic rings. The monoisotopic (exact) mass is 559 g/mol. The minimum absolute atomic E-state index is 0.0188. The van der Waals surface area contributed by atoms with Gasteiger partial charge in [-0.05, 0) is 76.4 Å². The van der Waals surface area contributed by atoms with E-state index in [0.29, 0.717) is 18.4 Å². The lowest BCUT2D eigenvalue weighted by Crippen LogP contribution is -2.40. The number of amides is 1. The number of methoxy groups -OCH3 is 1. The smallest absolute Gasteiger partial charge is 0.233 e. The van der Waals surface area contributed by atoms with Gasteiger partial charge in [0, 0.05) is 23.1 Å². The van der Waals surface area contributed by atoms with Crippen LogP contribution in [0.2, 0.25) is 0 Å². The maximum atomic E-state index is 11.8. The fraction of sp³-hybridized carbons (Fsp3) is 0.387. The van der Waals surface area contributed by atoms with Crippen LogP contribution in [0.5, 0.6) is 11.5 Å². The van der Waals surface area contributed by atoms with Crippen molar-refractivity contribution in [3.05, 3.63) is 59.1 Å². The van der Waals surface area contributed by atoms with Crippen molar-refractivity contribution in [1.82, 2.24) is 20.2 Å². The molecular formula is C31H37N5O3S. The number of fused-ring (bicyclic) bond motifs is 1. The average molecular weight is 560 g/mol. The summed E-state index contributed by atoms with van der Waals surface area (Å²) < 4.78 is 12.9. The van der Waals surface area contributed by atoms with Crippen LogP contribution in [0.15, 0.2) is 48.7 Å². The van der Waals surface area contributed by atoms with Crippen molar-refractivity contribution < 1.29 is 14.3 Å². The summed E-state index contributed by atoms with van der Waals surface area (Å²) in [5, 5.41) is 6.14. The fourth-order valence-corrected chi connectivity index (χ4v) is 6.30. The molecule has 2 aromatic carbocycles. The SMILES string of the molecule is CNC(=O)CN1CCC(c2ccc(Nc3ncc4sc(C)c(-c5ccccc5OC)c4n3)c(OC(C)C)c2)CC1. The van der Waals surface area contributed by atoms with Crippen LogP contribution in [0.4, 0.5) is 11.6 Å². The topological polar surface area (TPSA) is 88.6 Å². The summed E-state index contributed by atoms with van der Waals surface area (Å²) >= 11 is 1.68. The van der Waals surface area contributed by atoms with Crippen LogP contribution in [0, 0.1) is 6.92 Å². The van der Waals surface area contributed by atoms with Gasteiger partial charge in [0.15, 0.2) is 0 Å². The van der Waals surface area contributed by atoms with Crippen molar-refractivity contribution in [3.8, 4) is 22.6 Å². The molecule has 40 heavy (non-hydrogen) atoms. The van der Waals surface area contributed by atoms with Gasteiger partial charge in [-0.15, -0.1) is 11.3 Å². The van der Waals surface area contributed by atoms with E-state index in [2.05, 4.69) is 51.7 Å². The van der Waals surface area contributed by atoms with Crippen LogP contribution in [-0.4, -0.2) is 60.7 Å². The zero-order valence-electron chi connectivity index (χ0n) is 23.8. The Labute approximate surface area is 239 Å². The normalized spacial score (nSPS) is 14.4. The van der Waals surface area contributed by atoms with E-state index in [-0.39, 0.29) is 12.0 Å². The lowest BCUT2D eigenvalue weighted by molar-refractivity contribution is -0.122. The number of anilines is 2. The Hall–Kier alpha value is -3.69. The van der Waals surface area contributed by atoms with Gasteiger partial charge in [0.25, 0.3) is 0 Å². The molecular weight excluding hydrogens is 522 g/mol. The van der Waals surface area contributed by atoms with Crippen molar-refractivity contribution in [3.63, 3.8) is 0 Å². The number of hydrogen-bond acceptors (Lipinski definition) is 8. The van der Waals surface area contributed by atoms with Gasteiger partial charge in [-0.2, -0.15) is 0 Å². The Bertz CT molecular complexity index is 1490. The van der Waals surface area contributed by atoms with Crippen molar-refractivity contribution in [1.29, 1.82) is 0 Å². The molecule has 8 nitrogen and oxygen atoms in total. The zero-order valence-corrected chi connectivity index (χ0v) is 24.6. The summed E-state index contributed by atoms with van der Waals surface area (Å²) in [6.45, 7) is 8.44. The van der Waals surface area contributed by atoms with Crippen LogP contribution in [-0.2, 0) is 4.79 Å². The molecule has 9 heteroatoms. The van der Waals surface area contributed by atoms with Crippen LogP contribution < -0.4 is 20.1 Å². The van der Waals surface area contributed by atoms with Crippen molar-refractivity contribution >= 4 is 39.1 Å². The molecule has 0 atom stereocenters. The minimum atomic E-state index is 0.0188. The molecule has 5 rings (SSSR count). The van der Waals surface area contributed by atoms with Gasteiger partial charge >= 0.3 is 0 Å². The van der Waals surface area contributed by atoms with Gasteiger partial charge in [0.05, 0.1) is 41.9 Å². The Morgan fingerprint density at radius 3 is 2.65 bits per heavy atom. The second-order valence-corrected chi connectivity index (χ2v) is 11.7. The molecule has 2 aromatic heterocycles. The van der Waals surface area contributed by atoms with Crippen LogP contribution in [0.3, 0.4) is 0 Å². The van der Waals surface area contributed by atoms with Gasteiger partial charge < -0.3 is 20.1 Å². The Morgan fingerprint density at radius 1 is 1.15 bits per heavy atom. The van der Waals surface area contributed by atoms with E-state index in [1.807, 2.05) is 38.2 Å². The maximum absolute atomic E-state index is 11.8. The van der Waals surface area contributed by atoms with Crippen LogP contribution in [0.25, 0.3) is 21.3 Å². The van der Waals surface area contributed by atoms with Crippen LogP contribution in [0.1, 0.15) is 43.0 Å². The number of rotatable bonds is 9. The van der Waals surface area contributed by atoms with Crippen molar-refractivity contribution in [2.75, 3.05) is 39.1 Å². The molecule has 3 heterocycles. The second-order valence-electron chi connectivity index (χ2n) is 10.4. The largest absolute Gasteiger partial charge is 0.496 e. The number of aryl methyl sites for hydroxylation is 1. The molecule has 210 valence electrons. The third-order valence-electron chi connectivity index (χ3n) is 7.30.